The molecule has 0 atom stereocenters. The number of ether oxygens (including phenoxy) is 3. The summed E-state index contributed by atoms with van der Waals surface area (Å²) in [5.41, 5.74) is 2.57. The van der Waals surface area contributed by atoms with Gasteiger partial charge in [0.15, 0.2) is 17.3 Å². The van der Waals surface area contributed by atoms with Crippen LogP contribution in [-0.4, -0.2) is 36.2 Å². The van der Waals surface area contributed by atoms with Gasteiger partial charge in [0, 0.05) is 5.56 Å². The van der Waals surface area contributed by atoms with Crippen LogP contribution in [0.15, 0.2) is 75.0 Å². The molecule has 0 bridgehead atoms. The Morgan fingerprint density at radius 3 is 2.46 bits per heavy atom. The molecule has 0 spiro atoms. The van der Waals surface area contributed by atoms with E-state index in [9.17, 15) is 4.79 Å². The van der Waals surface area contributed by atoms with E-state index in [-0.39, 0.29) is 11.4 Å². The fourth-order valence-electron chi connectivity index (χ4n) is 4.19. The summed E-state index contributed by atoms with van der Waals surface area (Å²) in [6, 6.07) is 18.3. The van der Waals surface area contributed by atoms with Crippen molar-refractivity contribution in [1.29, 1.82) is 0 Å². The van der Waals surface area contributed by atoms with Gasteiger partial charge < -0.3 is 18.6 Å². The quantitative estimate of drug-likeness (QED) is 0.252. The van der Waals surface area contributed by atoms with Gasteiger partial charge in [0.2, 0.25) is 5.82 Å². The van der Waals surface area contributed by atoms with E-state index < -0.39 is 0 Å². The fraction of sp³-hybridized carbons (Fsp3) is 0.207. The van der Waals surface area contributed by atoms with Crippen LogP contribution in [0.25, 0.3) is 33.5 Å². The topological polar surface area (TPSA) is 88.1 Å². The predicted molar refractivity (Wildman–Crippen MR) is 144 cm³/mol. The van der Waals surface area contributed by atoms with Crippen molar-refractivity contribution in [1.82, 2.24) is 9.66 Å². The standard InChI is InChI=1S/C29H27N3O5/c1-5-35-25-14-18(3)19(15-26(25)36-6-2)17-30-32-28(31-22-11-8-7-10-20(22)29(32)33)27-16-21-23(34-4)12-9-13-24(21)37-27/h7-17H,5-6H2,1-4H3. The summed E-state index contributed by atoms with van der Waals surface area (Å²) in [6.07, 6.45) is 1.62. The molecular formula is C29H27N3O5. The minimum Gasteiger partial charge on any atom is -0.496 e. The van der Waals surface area contributed by atoms with E-state index in [4.69, 9.17) is 23.6 Å². The summed E-state index contributed by atoms with van der Waals surface area (Å²) in [7, 11) is 1.60. The zero-order valence-corrected chi connectivity index (χ0v) is 21.1. The highest BCUT2D eigenvalue weighted by atomic mass is 16.5. The third-order valence-electron chi connectivity index (χ3n) is 5.96. The number of hydrogen-bond donors (Lipinski definition) is 0. The second-order valence-electron chi connectivity index (χ2n) is 8.32. The fourth-order valence-corrected chi connectivity index (χ4v) is 4.19. The van der Waals surface area contributed by atoms with E-state index >= 15 is 0 Å². The smallest absolute Gasteiger partial charge is 0.282 e. The van der Waals surface area contributed by atoms with Crippen molar-refractivity contribution in [3.63, 3.8) is 0 Å². The molecule has 0 radical (unpaired) electrons. The zero-order valence-electron chi connectivity index (χ0n) is 21.1. The predicted octanol–water partition coefficient (Wildman–Crippen LogP) is 5.81. The normalized spacial score (nSPS) is 11.5. The molecule has 188 valence electrons. The van der Waals surface area contributed by atoms with Crippen LogP contribution in [-0.2, 0) is 0 Å². The van der Waals surface area contributed by atoms with Gasteiger partial charge in [0.25, 0.3) is 5.56 Å². The first-order valence-electron chi connectivity index (χ1n) is 12.1. The molecule has 2 heterocycles. The van der Waals surface area contributed by atoms with Gasteiger partial charge >= 0.3 is 0 Å². The summed E-state index contributed by atoms with van der Waals surface area (Å²) in [5, 5.41) is 5.82. The van der Waals surface area contributed by atoms with E-state index in [2.05, 4.69) is 5.10 Å². The summed E-state index contributed by atoms with van der Waals surface area (Å²) in [4.78, 5) is 18.3. The Balaban J connectivity index is 1.69. The number of benzene rings is 3. The molecule has 8 nitrogen and oxygen atoms in total. The number of nitrogens with zero attached hydrogens (tertiary/aromatic N) is 3. The Hall–Kier alpha value is -4.59. The number of methoxy groups -OCH3 is 1. The van der Waals surface area contributed by atoms with Crippen LogP contribution in [0.2, 0.25) is 0 Å². The SMILES string of the molecule is CCOc1cc(C)c(C=Nn2c(-c3cc4c(OC)cccc4o3)nc3ccccc3c2=O)cc1OCC. The molecule has 2 aromatic heterocycles. The molecular weight excluding hydrogens is 470 g/mol. The zero-order chi connectivity index (χ0) is 25.9. The van der Waals surface area contributed by atoms with Gasteiger partial charge in [-0.05, 0) is 68.8 Å². The average molecular weight is 498 g/mol. The van der Waals surface area contributed by atoms with Crippen molar-refractivity contribution < 1.29 is 18.6 Å². The molecule has 0 amide bonds. The largest absolute Gasteiger partial charge is 0.496 e. The van der Waals surface area contributed by atoms with Gasteiger partial charge in [-0.2, -0.15) is 9.78 Å². The van der Waals surface area contributed by atoms with Crippen molar-refractivity contribution in [3.8, 4) is 28.8 Å². The van der Waals surface area contributed by atoms with E-state index in [1.54, 1.807) is 31.5 Å². The summed E-state index contributed by atoms with van der Waals surface area (Å²) in [6.45, 7) is 6.81. The maximum Gasteiger partial charge on any atom is 0.282 e. The van der Waals surface area contributed by atoms with Gasteiger partial charge in [-0.15, -0.1) is 0 Å². The molecule has 5 aromatic rings. The van der Waals surface area contributed by atoms with Crippen LogP contribution < -0.4 is 19.8 Å². The monoisotopic (exact) mass is 497 g/mol. The van der Waals surface area contributed by atoms with Crippen molar-refractivity contribution in [2.75, 3.05) is 20.3 Å². The number of hydrogen-bond acceptors (Lipinski definition) is 7. The number of aromatic nitrogens is 2. The molecule has 0 aliphatic heterocycles. The van der Waals surface area contributed by atoms with Gasteiger partial charge in [-0.1, -0.05) is 18.2 Å². The maximum absolute atomic E-state index is 13.6. The van der Waals surface area contributed by atoms with Gasteiger partial charge in [-0.25, -0.2) is 4.98 Å². The lowest BCUT2D eigenvalue weighted by atomic mass is 10.1. The molecule has 37 heavy (non-hydrogen) atoms. The van der Waals surface area contributed by atoms with E-state index in [0.717, 1.165) is 16.5 Å². The summed E-state index contributed by atoms with van der Waals surface area (Å²) in [5.74, 6) is 2.63. The molecule has 3 aromatic carbocycles. The Morgan fingerprint density at radius 2 is 1.70 bits per heavy atom. The molecule has 0 unspecified atom stereocenters. The Bertz CT molecular complexity index is 1680. The molecule has 0 saturated carbocycles. The highest BCUT2D eigenvalue weighted by Crippen LogP contribution is 2.33. The minimum atomic E-state index is -0.308. The minimum absolute atomic E-state index is 0.284. The molecule has 5 rings (SSSR count). The van der Waals surface area contributed by atoms with Crippen molar-refractivity contribution >= 4 is 28.1 Å². The van der Waals surface area contributed by atoms with E-state index in [0.29, 0.717) is 52.7 Å². The van der Waals surface area contributed by atoms with Crippen LogP contribution >= 0.6 is 0 Å². The average Bonchev–Trinajstić information content (AvgIpc) is 3.35. The van der Waals surface area contributed by atoms with Crippen LogP contribution in [0.1, 0.15) is 25.0 Å². The maximum atomic E-state index is 13.6. The lowest BCUT2D eigenvalue weighted by molar-refractivity contribution is 0.287. The Kier molecular flexibility index (Phi) is 6.64. The molecule has 0 fully saturated rings. The van der Waals surface area contributed by atoms with Crippen molar-refractivity contribution in [2.24, 2.45) is 5.10 Å². The van der Waals surface area contributed by atoms with Gasteiger partial charge in [0.1, 0.15) is 11.3 Å². The molecule has 0 aliphatic carbocycles. The van der Waals surface area contributed by atoms with Crippen LogP contribution in [0.3, 0.4) is 0 Å². The third kappa shape index (κ3) is 4.53. The number of fused-ring (bicyclic) bond motifs is 2. The van der Waals surface area contributed by atoms with Crippen molar-refractivity contribution in [3.05, 3.63) is 82.1 Å². The Morgan fingerprint density at radius 1 is 0.946 bits per heavy atom. The Labute approximate surface area is 213 Å². The lowest BCUT2D eigenvalue weighted by Gasteiger charge is -2.13. The summed E-state index contributed by atoms with van der Waals surface area (Å²) >= 11 is 0. The molecule has 8 heteroatoms. The van der Waals surface area contributed by atoms with Gasteiger partial charge in [0.05, 0.1) is 42.8 Å². The highest BCUT2D eigenvalue weighted by Gasteiger charge is 2.18. The number of para-hydroxylation sites is 1. The van der Waals surface area contributed by atoms with Crippen LogP contribution in [0.5, 0.6) is 17.2 Å². The van der Waals surface area contributed by atoms with Crippen molar-refractivity contribution in [2.45, 2.75) is 20.8 Å². The first kappa shape index (κ1) is 24.1. The number of rotatable bonds is 8. The number of furan rings is 1. The second-order valence-corrected chi connectivity index (χ2v) is 8.32. The van der Waals surface area contributed by atoms with Gasteiger partial charge in [-0.3, -0.25) is 4.79 Å². The first-order chi connectivity index (χ1) is 18.0. The third-order valence-corrected chi connectivity index (χ3v) is 5.96. The van der Waals surface area contributed by atoms with Crippen LogP contribution in [0.4, 0.5) is 0 Å². The first-order valence-corrected chi connectivity index (χ1v) is 12.1. The summed E-state index contributed by atoms with van der Waals surface area (Å²) < 4.78 is 24.3. The highest BCUT2D eigenvalue weighted by molar-refractivity contribution is 5.89. The number of aryl methyl sites for hydroxylation is 1. The van der Waals surface area contributed by atoms with E-state index in [1.807, 2.05) is 63.2 Å². The lowest BCUT2D eigenvalue weighted by Crippen LogP contribution is -2.20. The molecule has 0 saturated heterocycles. The second kappa shape index (κ2) is 10.2. The van der Waals surface area contributed by atoms with E-state index in [1.165, 1.54) is 4.68 Å². The van der Waals surface area contributed by atoms with Crippen LogP contribution in [0, 0.1) is 6.92 Å². The molecule has 0 N–H and O–H groups in total. The molecule has 0 aliphatic rings.